The Morgan fingerprint density at radius 2 is 1.50 bits per heavy atom. The summed E-state index contributed by atoms with van der Waals surface area (Å²) < 4.78 is 0. The molecule has 0 radical (unpaired) electrons. The molecule has 0 aliphatic carbocycles. The van der Waals surface area contributed by atoms with Crippen molar-refractivity contribution in [3.63, 3.8) is 0 Å². The average molecular weight is 352 g/mol. The third kappa shape index (κ3) is 3.45. The minimum Gasteiger partial charge on any atom is -0.0840 e. The van der Waals surface area contributed by atoms with Gasteiger partial charge in [-0.05, 0) is 73.6 Å². The number of hydrogen-bond donors (Lipinski definition) is 0. The van der Waals surface area contributed by atoms with Crippen molar-refractivity contribution >= 4 is 27.5 Å². The largest absolute Gasteiger partial charge is 0.0840 e. The fraction of sp³-hybridized carbons (Fsp3) is 0.333. The Bertz CT molecular complexity index is 632. The lowest BCUT2D eigenvalue weighted by Gasteiger charge is -2.15. The Balaban J connectivity index is 2.25. The van der Waals surface area contributed by atoms with E-state index >= 15 is 0 Å². The molecule has 2 heteroatoms. The molecular weight excluding hydrogens is 332 g/mol. The van der Waals surface area contributed by atoms with Gasteiger partial charge in [-0.2, -0.15) is 0 Å². The van der Waals surface area contributed by atoms with Crippen LogP contribution in [0.25, 0.3) is 0 Å². The van der Waals surface area contributed by atoms with Crippen LogP contribution in [0.5, 0.6) is 0 Å². The second-order valence-electron chi connectivity index (χ2n) is 5.55. The van der Waals surface area contributed by atoms with Gasteiger partial charge in [0, 0.05) is 9.85 Å². The Hall–Kier alpha value is -0.790. The number of aryl methyl sites for hydroxylation is 4. The summed E-state index contributed by atoms with van der Waals surface area (Å²) in [6, 6.07) is 10.9. The molecule has 0 heterocycles. The van der Waals surface area contributed by atoms with Crippen LogP contribution in [-0.2, 0) is 6.42 Å². The molecule has 0 aliphatic heterocycles. The van der Waals surface area contributed by atoms with Crippen LogP contribution < -0.4 is 0 Å². The van der Waals surface area contributed by atoms with E-state index in [9.17, 15) is 0 Å². The van der Waals surface area contributed by atoms with E-state index in [1.165, 1.54) is 33.4 Å². The molecule has 2 rings (SSSR count). The highest BCUT2D eigenvalue weighted by Crippen LogP contribution is 2.34. The first-order chi connectivity index (χ1) is 9.38. The van der Waals surface area contributed by atoms with Gasteiger partial charge in [-0.25, -0.2) is 0 Å². The van der Waals surface area contributed by atoms with Gasteiger partial charge in [0.25, 0.3) is 0 Å². The number of halogens is 2. The van der Waals surface area contributed by atoms with Gasteiger partial charge < -0.3 is 0 Å². The van der Waals surface area contributed by atoms with Crippen LogP contribution in [0.3, 0.4) is 0 Å². The zero-order valence-electron chi connectivity index (χ0n) is 12.4. The van der Waals surface area contributed by atoms with Crippen LogP contribution in [0, 0.1) is 27.7 Å². The molecule has 2 aromatic rings. The first-order valence-corrected chi connectivity index (χ1v) is 8.14. The second kappa shape index (κ2) is 6.32. The molecule has 0 fully saturated rings. The van der Waals surface area contributed by atoms with Gasteiger partial charge in [0.2, 0.25) is 0 Å². The van der Waals surface area contributed by atoms with Gasteiger partial charge in [-0.15, -0.1) is 0 Å². The Morgan fingerprint density at radius 1 is 0.900 bits per heavy atom. The molecule has 1 atom stereocenters. The molecule has 0 nitrogen and oxygen atoms in total. The highest BCUT2D eigenvalue weighted by molar-refractivity contribution is 9.09. The van der Waals surface area contributed by atoms with Crippen molar-refractivity contribution in [2.24, 2.45) is 0 Å². The normalized spacial score (nSPS) is 12.5. The summed E-state index contributed by atoms with van der Waals surface area (Å²) in [6.45, 7) is 8.53. The van der Waals surface area contributed by atoms with Gasteiger partial charge >= 0.3 is 0 Å². The van der Waals surface area contributed by atoms with E-state index in [1.54, 1.807) is 0 Å². The summed E-state index contributed by atoms with van der Waals surface area (Å²) in [4.78, 5) is 0.247. The Kier molecular flexibility index (Phi) is 4.93. The van der Waals surface area contributed by atoms with Crippen LogP contribution in [-0.4, -0.2) is 0 Å². The van der Waals surface area contributed by atoms with E-state index in [0.29, 0.717) is 0 Å². The van der Waals surface area contributed by atoms with Crippen molar-refractivity contribution in [2.45, 2.75) is 38.9 Å². The maximum atomic E-state index is 6.39. The first kappa shape index (κ1) is 15.6. The van der Waals surface area contributed by atoms with Crippen molar-refractivity contribution < 1.29 is 0 Å². The molecular formula is C18H20BrCl. The van der Waals surface area contributed by atoms with Crippen LogP contribution in [0.15, 0.2) is 30.3 Å². The van der Waals surface area contributed by atoms with Crippen molar-refractivity contribution in [1.29, 1.82) is 0 Å². The minimum atomic E-state index is 0.247. The Labute approximate surface area is 135 Å². The zero-order valence-corrected chi connectivity index (χ0v) is 14.8. The quantitative estimate of drug-likeness (QED) is 0.573. The molecule has 0 aliphatic rings. The van der Waals surface area contributed by atoms with E-state index < -0.39 is 0 Å². The van der Waals surface area contributed by atoms with Gasteiger partial charge in [0.05, 0.1) is 0 Å². The van der Waals surface area contributed by atoms with Crippen LogP contribution >= 0.6 is 27.5 Å². The fourth-order valence-electron chi connectivity index (χ4n) is 2.29. The van der Waals surface area contributed by atoms with Crippen LogP contribution in [0.1, 0.15) is 38.2 Å². The van der Waals surface area contributed by atoms with E-state index in [0.717, 1.165) is 11.4 Å². The zero-order chi connectivity index (χ0) is 14.9. The molecule has 106 valence electrons. The summed E-state index contributed by atoms with van der Waals surface area (Å²) >= 11 is 10.2. The lowest BCUT2D eigenvalue weighted by Crippen LogP contribution is -1.99. The molecule has 0 bridgehead atoms. The summed E-state index contributed by atoms with van der Waals surface area (Å²) in [7, 11) is 0. The van der Waals surface area contributed by atoms with E-state index in [-0.39, 0.29) is 4.83 Å². The van der Waals surface area contributed by atoms with Crippen molar-refractivity contribution in [1.82, 2.24) is 0 Å². The third-order valence-electron chi connectivity index (χ3n) is 3.94. The molecule has 0 spiro atoms. The summed E-state index contributed by atoms with van der Waals surface area (Å²) in [5.41, 5.74) is 7.72. The highest BCUT2D eigenvalue weighted by Gasteiger charge is 2.14. The van der Waals surface area contributed by atoms with Gasteiger partial charge in [0.15, 0.2) is 0 Å². The Morgan fingerprint density at radius 3 is 2.15 bits per heavy atom. The van der Waals surface area contributed by atoms with Crippen LogP contribution in [0.4, 0.5) is 0 Å². The average Bonchev–Trinajstić information content (AvgIpc) is 2.38. The monoisotopic (exact) mass is 350 g/mol. The van der Waals surface area contributed by atoms with Crippen molar-refractivity contribution in [3.05, 3.63) is 68.7 Å². The number of alkyl halides is 1. The molecule has 0 saturated heterocycles. The fourth-order valence-corrected chi connectivity index (χ4v) is 3.53. The molecule has 0 amide bonds. The molecule has 20 heavy (non-hydrogen) atoms. The SMILES string of the molecule is Cc1ccc(CC(Br)c2cc(C)c(C)cc2Cl)cc1C. The molecule has 0 aromatic heterocycles. The lowest BCUT2D eigenvalue weighted by atomic mass is 9.98. The van der Waals surface area contributed by atoms with Crippen molar-refractivity contribution in [2.75, 3.05) is 0 Å². The third-order valence-corrected chi connectivity index (χ3v) is 5.08. The number of benzene rings is 2. The molecule has 2 aromatic carbocycles. The summed E-state index contributed by atoms with van der Waals surface area (Å²) in [6.07, 6.45) is 0.948. The second-order valence-corrected chi connectivity index (χ2v) is 7.06. The maximum Gasteiger partial charge on any atom is 0.0452 e. The standard InChI is InChI=1S/C18H20BrCl/c1-11-5-6-15(7-12(11)2)10-17(19)16-8-13(3)14(4)9-18(16)20/h5-9,17H,10H2,1-4H3. The molecule has 1 unspecified atom stereocenters. The predicted octanol–water partition coefficient (Wildman–Crippen LogP) is 6.25. The van der Waals surface area contributed by atoms with Crippen molar-refractivity contribution in [3.8, 4) is 0 Å². The first-order valence-electron chi connectivity index (χ1n) is 6.85. The molecule has 0 saturated carbocycles. The lowest BCUT2D eigenvalue weighted by molar-refractivity contribution is 0.942. The van der Waals surface area contributed by atoms with E-state index in [2.05, 4.69) is 74.0 Å². The van der Waals surface area contributed by atoms with E-state index in [1.807, 2.05) is 0 Å². The summed E-state index contributed by atoms with van der Waals surface area (Å²) in [5.74, 6) is 0. The van der Waals surface area contributed by atoms with Gasteiger partial charge in [-0.1, -0.05) is 51.8 Å². The topological polar surface area (TPSA) is 0 Å². The van der Waals surface area contributed by atoms with Gasteiger partial charge in [0.1, 0.15) is 0 Å². The van der Waals surface area contributed by atoms with E-state index in [4.69, 9.17) is 11.6 Å². The highest BCUT2D eigenvalue weighted by atomic mass is 79.9. The maximum absolute atomic E-state index is 6.39. The minimum absolute atomic E-state index is 0.247. The molecule has 0 N–H and O–H groups in total. The van der Waals surface area contributed by atoms with Crippen LogP contribution in [0.2, 0.25) is 5.02 Å². The number of rotatable bonds is 3. The smallest absolute Gasteiger partial charge is 0.0452 e. The summed E-state index contributed by atoms with van der Waals surface area (Å²) in [5, 5.41) is 0.846. The predicted molar refractivity (Wildman–Crippen MR) is 92.2 cm³/mol. The van der Waals surface area contributed by atoms with Gasteiger partial charge in [-0.3, -0.25) is 0 Å². The number of hydrogen-bond acceptors (Lipinski definition) is 0.